The van der Waals surface area contributed by atoms with Crippen LogP contribution in [0.3, 0.4) is 0 Å². The predicted octanol–water partition coefficient (Wildman–Crippen LogP) is 1.63. The highest BCUT2D eigenvalue weighted by molar-refractivity contribution is 5.82. The van der Waals surface area contributed by atoms with Crippen molar-refractivity contribution in [2.75, 3.05) is 78.6 Å². The summed E-state index contributed by atoms with van der Waals surface area (Å²) in [6.07, 6.45) is 0.508. The summed E-state index contributed by atoms with van der Waals surface area (Å²) in [6.45, 7) is 15.7. The van der Waals surface area contributed by atoms with Crippen molar-refractivity contribution in [3.8, 4) is 5.75 Å². The maximum absolute atomic E-state index is 13.0. The fourth-order valence-corrected chi connectivity index (χ4v) is 4.89. The molecule has 1 aliphatic rings. The molecule has 10 heteroatoms. The number of aliphatic hydroxyl groups excluding tert-OH is 1. The minimum Gasteiger partial charge on any atom is -0.512 e. The summed E-state index contributed by atoms with van der Waals surface area (Å²) in [5.41, 5.74) is 0.975. The molecule has 222 valence electrons. The van der Waals surface area contributed by atoms with Gasteiger partial charge in [-0.15, -0.1) is 0 Å². The molecule has 1 N–H and O–H groups in total. The Balaban J connectivity index is 2.26. The van der Waals surface area contributed by atoms with Crippen molar-refractivity contribution < 1.29 is 29.0 Å². The average molecular weight is 559 g/mol. The quantitative estimate of drug-likeness (QED) is 0.359. The van der Waals surface area contributed by atoms with E-state index in [1.807, 2.05) is 24.3 Å². The number of ether oxygens (including phenoxy) is 1. The highest BCUT2D eigenvalue weighted by atomic mass is 16.5. The zero-order chi connectivity index (χ0) is 29.7. The zero-order valence-electron chi connectivity index (χ0n) is 24.6. The van der Waals surface area contributed by atoms with E-state index in [9.17, 15) is 24.3 Å². The molecule has 2 rings (SSSR count). The summed E-state index contributed by atoms with van der Waals surface area (Å²) < 4.78 is 5.47. The van der Waals surface area contributed by atoms with Crippen LogP contribution in [0.15, 0.2) is 36.6 Å². The Kier molecular flexibility index (Phi) is 14.2. The van der Waals surface area contributed by atoms with Crippen LogP contribution in [0.4, 0.5) is 0 Å². The van der Waals surface area contributed by atoms with Gasteiger partial charge in [-0.25, -0.2) is 0 Å². The second-order valence-corrected chi connectivity index (χ2v) is 10.8. The maximum atomic E-state index is 13.0. The minimum absolute atomic E-state index is 0.0171. The number of carbonyl (C=O) groups is 4. The predicted molar refractivity (Wildman–Crippen MR) is 155 cm³/mol. The van der Waals surface area contributed by atoms with Crippen LogP contribution in [-0.2, 0) is 25.6 Å². The molecule has 1 fully saturated rings. The third kappa shape index (κ3) is 13.0. The van der Waals surface area contributed by atoms with Gasteiger partial charge in [-0.2, -0.15) is 0 Å². The number of carbonyl (C=O) groups excluding carboxylic acids is 4. The van der Waals surface area contributed by atoms with Crippen LogP contribution in [-0.4, -0.2) is 132 Å². The molecule has 1 aromatic rings. The third-order valence-corrected chi connectivity index (χ3v) is 6.87. The van der Waals surface area contributed by atoms with Crippen LogP contribution < -0.4 is 4.74 Å². The van der Waals surface area contributed by atoms with Crippen LogP contribution >= 0.6 is 0 Å². The van der Waals surface area contributed by atoms with Crippen molar-refractivity contribution in [3.05, 3.63) is 42.2 Å². The van der Waals surface area contributed by atoms with Gasteiger partial charge in [0.15, 0.2) is 5.78 Å². The van der Waals surface area contributed by atoms with Crippen molar-refractivity contribution in [1.29, 1.82) is 0 Å². The Morgan fingerprint density at radius 3 is 1.60 bits per heavy atom. The van der Waals surface area contributed by atoms with E-state index in [4.69, 9.17) is 4.74 Å². The molecule has 0 aliphatic carbocycles. The van der Waals surface area contributed by atoms with Gasteiger partial charge in [-0.1, -0.05) is 18.7 Å². The maximum Gasteiger partial charge on any atom is 0.167 e. The standard InChI is InChI=1S/C30H46N4O6/c1-23(35)19-31-10-12-32(20-24(2)36)14-16-34(17-15-33(13-11-31)21-25(3)37)30(27(5)39)18-28-6-8-29(9-7-28)40-22-26(4)38/h6-9,30,35H,1,10-22H2,2-5H3. The van der Waals surface area contributed by atoms with Gasteiger partial charge in [-0.05, 0) is 51.8 Å². The Bertz CT molecular complexity index is 980. The molecule has 0 radical (unpaired) electrons. The first kappa shape index (κ1) is 33.3. The van der Waals surface area contributed by atoms with Crippen molar-refractivity contribution in [2.45, 2.75) is 40.2 Å². The topological polar surface area (TPSA) is 111 Å². The van der Waals surface area contributed by atoms with E-state index in [-0.39, 0.29) is 41.5 Å². The lowest BCUT2D eigenvalue weighted by atomic mass is 10.0. The molecule has 0 aromatic heterocycles. The Hall–Kier alpha value is -2.92. The van der Waals surface area contributed by atoms with Gasteiger partial charge in [0.1, 0.15) is 29.7 Å². The lowest BCUT2D eigenvalue weighted by molar-refractivity contribution is -0.123. The fourth-order valence-electron chi connectivity index (χ4n) is 4.89. The van der Waals surface area contributed by atoms with Gasteiger partial charge in [0, 0.05) is 52.4 Å². The monoisotopic (exact) mass is 558 g/mol. The van der Waals surface area contributed by atoms with Crippen molar-refractivity contribution in [2.24, 2.45) is 0 Å². The Morgan fingerprint density at radius 2 is 1.20 bits per heavy atom. The lowest BCUT2D eigenvalue weighted by Crippen LogP contribution is -2.51. The number of hydrogen-bond donors (Lipinski definition) is 1. The van der Waals surface area contributed by atoms with E-state index in [0.29, 0.717) is 84.2 Å². The third-order valence-electron chi connectivity index (χ3n) is 6.87. The Morgan fingerprint density at radius 1 is 0.750 bits per heavy atom. The minimum atomic E-state index is -0.375. The average Bonchev–Trinajstić information content (AvgIpc) is 2.86. The summed E-state index contributed by atoms with van der Waals surface area (Å²) in [5.74, 6) is 0.813. The van der Waals surface area contributed by atoms with Gasteiger partial charge >= 0.3 is 0 Å². The molecule has 40 heavy (non-hydrogen) atoms. The van der Waals surface area contributed by atoms with Crippen LogP contribution in [0, 0.1) is 0 Å². The summed E-state index contributed by atoms with van der Waals surface area (Å²) >= 11 is 0. The second kappa shape index (κ2) is 17.0. The van der Waals surface area contributed by atoms with E-state index in [1.165, 1.54) is 6.92 Å². The fraction of sp³-hybridized carbons (Fsp3) is 0.600. The van der Waals surface area contributed by atoms with Crippen molar-refractivity contribution in [1.82, 2.24) is 19.6 Å². The SMILES string of the molecule is C=C(O)CN1CCN(CC(C)=O)CCN(C(Cc2ccc(OCC(C)=O)cc2)C(C)=O)CCN(CC(C)=O)CC1. The number of Topliss-reactive ketones (excluding diaryl/α,β-unsaturated/α-hetero) is 4. The molecule has 0 saturated carbocycles. The molecular formula is C30H46N4O6. The lowest BCUT2D eigenvalue weighted by Gasteiger charge is -2.36. The first-order valence-corrected chi connectivity index (χ1v) is 13.9. The largest absolute Gasteiger partial charge is 0.512 e. The smallest absolute Gasteiger partial charge is 0.167 e. The number of aliphatic hydroxyl groups is 1. The molecule has 1 saturated heterocycles. The van der Waals surface area contributed by atoms with Crippen LogP contribution in [0.25, 0.3) is 0 Å². The van der Waals surface area contributed by atoms with Crippen LogP contribution in [0.2, 0.25) is 0 Å². The summed E-state index contributed by atoms with van der Waals surface area (Å²) in [6, 6.07) is 7.06. The molecular weight excluding hydrogens is 512 g/mol. The van der Waals surface area contributed by atoms with Crippen molar-refractivity contribution >= 4 is 23.1 Å². The molecule has 0 bridgehead atoms. The van der Waals surface area contributed by atoms with Gasteiger partial charge in [-0.3, -0.25) is 38.8 Å². The van der Waals surface area contributed by atoms with Crippen LogP contribution in [0.1, 0.15) is 33.3 Å². The summed E-state index contributed by atoms with van der Waals surface area (Å²) in [4.78, 5) is 56.7. The number of nitrogens with zero attached hydrogens (tertiary/aromatic N) is 4. The number of ketones is 4. The van der Waals surface area contributed by atoms with E-state index in [2.05, 4.69) is 26.2 Å². The summed E-state index contributed by atoms with van der Waals surface area (Å²) in [7, 11) is 0. The van der Waals surface area contributed by atoms with Gasteiger partial charge in [0.05, 0.1) is 31.4 Å². The van der Waals surface area contributed by atoms with E-state index in [0.717, 1.165) is 5.56 Å². The Labute approximate surface area is 238 Å². The molecule has 1 heterocycles. The van der Waals surface area contributed by atoms with Gasteiger partial charge in [0.25, 0.3) is 0 Å². The first-order chi connectivity index (χ1) is 18.9. The first-order valence-electron chi connectivity index (χ1n) is 13.9. The molecule has 1 unspecified atom stereocenters. The summed E-state index contributed by atoms with van der Waals surface area (Å²) in [5, 5.41) is 9.82. The molecule has 0 spiro atoms. The van der Waals surface area contributed by atoms with Gasteiger partial charge in [0.2, 0.25) is 0 Å². The van der Waals surface area contributed by atoms with Crippen molar-refractivity contribution in [3.63, 3.8) is 0 Å². The molecule has 1 aliphatic heterocycles. The zero-order valence-corrected chi connectivity index (χ0v) is 24.6. The molecule has 1 atom stereocenters. The number of rotatable bonds is 13. The second-order valence-electron chi connectivity index (χ2n) is 10.8. The van der Waals surface area contributed by atoms with Crippen LogP contribution in [0.5, 0.6) is 5.75 Å². The number of benzene rings is 1. The molecule has 1 aromatic carbocycles. The van der Waals surface area contributed by atoms with E-state index in [1.54, 1.807) is 20.8 Å². The molecule has 0 amide bonds. The highest BCUT2D eigenvalue weighted by Crippen LogP contribution is 2.17. The van der Waals surface area contributed by atoms with E-state index < -0.39 is 0 Å². The number of hydrogen-bond acceptors (Lipinski definition) is 10. The normalized spacial score (nSPS) is 17.8. The highest BCUT2D eigenvalue weighted by Gasteiger charge is 2.26. The molecule has 10 nitrogen and oxygen atoms in total. The van der Waals surface area contributed by atoms with Gasteiger partial charge < -0.3 is 9.84 Å². The van der Waals surface area contributed by atoms with E-state index >= 15 is 0 Å².